The van der Waals surface area contributed by atoms with E-state index in [1.54, 1.807) is 16.7 Å². The molecule has 1 spiro atoms. The number of hydrogen-bond donors (Lipinski definition) is 3. The summed E-state index contributed by atoms with van der Waals surface area (Å²) in [5.41, 5.74) is 3.65. The number of benzene rings is 2. The summed E-state index contributed by atoms with van der Waals surface area (Å²) in [6, 6.07) is 14.3. The van der Waals surface area contributed by atoms with Gasteiger partial charge in [0.2, 0.25) is 17.7 Å². The predicted octanol–water partition coefficient (Wildman–Crippen LogP) is 3.79. The second kappa shape index (κ2) is 10.7. The number of likely N-dealkylation sites (tertiary alicyclic amines) is 1. The number of carbonyl (C=O) groups excluding carboxylic acids is 3. The highest BCUT2D eigenvalue weighted by atomic mass is 79.9. The summed E-state index contributed by atoms with van der Waals surface area (Å²) in [5.74, 6) is -1.83. The molecule has 3 fully saturated rings. The summed E-state index contributed by atoms with van der Waals surface area (Å²) in [6.07, 6.45) is 1.11. The zero-order valence-electron chi connectivity index (χ0n) is 21.8. The van der Waals surface area contributed by atoms with E-state index in [2.05, 4.69) is 26.6 Å². The molecule has 7 atom stereocenters. The van der Waals surface area contributed by atoms with Crippen LogP contribution in [-0.4, -0.2) is 61.2 Å². The molecule has 3 N–H and O–H groups in total. The Bertz CT molecular complexity index is 1240. The van der Waals surface area contributed by atoms with Gasteiger partial charge in [-0.15, -0.1) is 11.8 Å². The molecule has 3 amide bonds. The fourth-order valence-electron chi connectivity index (χ4n) is 6.45. The Morgan fingerprint density at radius 2 is 1.92 bits per heavy atom. The maximum atomic E-state index is 14.1. The van der Waals surface area contributed by atoms with Crippen LogP contribution in [0.3, 0.4) is 0 Å². The molecule has 2 bridgehead atoms. The molecule has 0 aliphatic carbocycles. The number of thioether (sulfide) groups is 1. The van der Waals surface area contributed by atoms with Crippen molar-refractivity contribution >= 4 is 51.1 Å². The van der Waals surface area contributed by atoms with Gasteiger partial charge >= 0.3 is 0 Å². The molecule has 5 rings (SSSR count). The molecule has 3 aliphatic heterocycles. The molecule has 38 heavy (non-hydrogen) atoms. The van der Waals surface area contributed by atoms with Crippen molar-refractivity contribution in [3.05, 3.63) is 65.2 Å². The van der Waals surface area contributed by atoms with E-state index in [1.807, 2.05) is 69.3 Å². The number of hydrogen-bond acceptors (Lipinski definition) is 5. The zero-order valence-corrected chi connectivity index (χ0v) is 24.2. The molecule has 202 valence electrons. The highest BCUT2D eigenvalue weighted by Gasteiger charge is 2.76. The Balaban J connectivity index is 1.49. The second-order valence-electron chi connectivity index (χ2n) is 10.7. The highest BCUT2D eigenvalue weighted by molar-refractivity contribution is 9.09. The Labute approximate surface area is 236 Å². The quantitative estimate of drug-likeness (QED) is 0.401. The minimum atomic E-state index is -0.793. The lowest BCUT2D eigenvalue weighted by atomic mass is 9.70. The van der Waals surface area contributed by atoms with E-state index in [0.29, 0.717) is 25.1 Å². The van der Waals surface area contributed by atoms with Gasteiger partial charge in [-0.1, -0.05) is 65.3 Å². The molecular weight excluding hydrogens is 566 g/mol. The number of rotatable bonds is 8. The van der Waals surface area contributed by atoms with Crippen LogP contribution in [0.2, 0.25) is 0 Å². The Kier molecular flexibility index (Phi) is 7.64. The number of halogens is 1. The third-order valence-corrected chi connectivity index (χ3v) is 11.5. The third kappa shape index (κ3) is 4.46. The lowest BCUT2D eigenvalue weighted by Gasteiger charge is -2.37. The van der Waals surface area contributed by atoms with Crippen molar-refractivity contribution in [2.75, 3.05) is 11.9 Å². The van der Waals surface area contributed by atoms with Gasteiger partial charge < -0.3 is 20.6 Å². The number of nitrogens with one attached hydrogen (secondary N) is 2. The van der Waals surface area contributed by atoms with Gasteiger partial charge in [0.05, 0.1) is 29.2 Å². The van der Waals surface area contributed by atoms with Crippen LogP contribution in [0, 0.1) is 25.7 Å². The Morgan fingerprint density at radius 3 is 2.61 bits per heavy atom. The maximum absolute atomic E-state index is 14.1. The van der Waals surface area contributed by atoms with Gasteiger partial charge in [0.15, 0.2) is 0 Å². The number of fused-ring (bicyclic) bond motifs is 1. The SMILES string of the molecule is CC[C@@H](CO)N1C(=O)[C@@H]2[C@@H](C(=O)NCc3ccccc3)[C@@H]3SC2(CC3Br)C1C(=O)Nc1cc(C)ccc1C. The van der Waals surface area contributed by atoms with Gasteiger partial charge in [-0.2, -0.15) is 0 Å². The monoisotopic (exact) mass is 599 g/mol. The van der Waals surface area contributed by atoms with E-state index in [1.165, 1.54) is 0 Å². The first-order chi connectivity index (χ1) is 18.2. The van der Waals surface area contributed by atoms with E-state index < -0.39 is 28.7 Å². The number of nitrogens with zero attached hydrogens (tertiary/aromatic N) is 1. The minimum absolute atomic E-state index is 0.00539. The molecule has 9 heteroatoms. The fraction of sp³-hybridized carbons (Fsp3) is 0.483. The van der Waals surface area contributed by atoms with Crippen LogP contribution in [0.15, 0.2) is 48.5 Å². The number of aliphatic hydroxyl groups is 1. The van der Waals surface area contributed by atoms with Crippen LogP contribution >= 0.6 is 27.7 Å². The molecular formula is C29H34BrN3O4S. The molecule has 0 radical (unpaired) electrons. The summed E-state index contributed by atoms with van der Waals surface area (Å²) in [6.45, 7) is 5.95. The van der Waals surface area contributed by atoms with Crippen molar-refractivity contribution < 1.29 is 19.5 Å². The number of anilines is 1. The summed E-state index contributed by atoms with van der Waals surface area (Å²) in [7, 11) is 0. The van der Waals surface area contributed by atoms with E-state index in [0.717, 1.165) is 16.7 Å². The number of aliphatic hydroxyl groups excluding tert-OH is 1. The maximum Gasteiger partial charge on any atom is 0.248 e. The number of alkyl halides is 1. The van der Waals surface area contributed by atoms with Crippen LogP contribution in [-0.2, 0) is 20.9 Å². The summed E-state index contributed by atoms with van der Waals surface area (Å²) < 4.78 is -0.755. The average Bonchev–Trinajstić information content (AvgIpc) is 3.50. The van der Waals surface area contributed by atoms with Crippen molar-refractivity contribution in [3.8, 4) is 0 Å². The van der Waals surface area contributed by atoms with Crippen molar-refractivity contribution in [2.24, 2.45) is 11.8 Å². The van der Waals surface area contributed by atoms with E-state index in [4.69, 9.17) is 0 Å². The zero-order chi connectivity index (χ0) is 27.2. The van der Waals surface area contributed by atoms with Crippen molar-refractivity contribution in [2.45, 2.75) is 67.1 Å². The van der Waals surface area contributed by atoms with Crippen LogP contribution < -0.4 is 10.6 Å². The van der Waals surface area contributed by atoms with E-state index >= 15 is 0 Å². The predicted molar refractivity (Wildman–Crippen MR) is 153 cm³/mol. The lowest BCUT2D eigenvalue weighted by molar-refractivity contribution is -0.142. The molecule has 2 aromatic carbocycles. The van der Waals surface area contributed by atoms with Crippen LogP contribution in [0.5, 0.6) is 0 Å². The van der Waals surface area contributed by atoms with Gasteiger partial charge in [-0.25, -0.2) is 0 Å². The van der Waals surface area contributed by atoms with E-state index in [9.17, 15) is 19.5 Å². The van der Waals surface area contributed by atoms with Gasteiger partial charge in [-0.3, -0.25) is 14.4 Å². The number of amides is 3. The largest absolute Gasteiger partial charge is 0.394 e. The smallest absolute Gasteiger partial charge is 0.248 e. The van der Waals surface area contributed by atoms with E-state index in [-0.39, 0.29) is 34.4 Å². The lowest BCUT2D eigenvalue weighted by Crippen LogP contribution is -2.55. The highest BCUT2D eigenvalue weighted by Crippen LogP contribution is 2.68. The summed E-state index contributed by atoms with van der Waals surface area (Å²) >= 11 is 5.40. The van der Waals surface area contributed by atoms with Gasteiger partial charge in [-0.05, 0) is 49.4 Å². The molecule has 0 aromatic heterocycles. The molecule has 0 saturated carbocycles. The summed E-state index contributed by atoms with van der Waals surface area (Å²) in [5, 5.41) is 16.3. The number of aryl methyl sites for hydroxylation is 2. The molecule has 7 nitrogen and oxygen atoms in total. The third-order valence-electron chi connectivity index (χ3n) is 8.31. The Hall–Kier alpha value is -2.36. The van der Waals surface area contributed by atoms with Crippen LogP contribution in [0.4, 0.5) is 5.69 Å². The van der Waals surface area contributed by atoms with Crippen molar-refractivity contribution in [1.82, 2.24) is 10.2 Å². The topological polar surface area (TPSA) is 98.7 Å². The normalized spacial score (nSPS) is 30.3. The number of carbonyl (C=O) groups is 3. The van der Waals surface area contributed by atoms with Crippen LogP contribution in [0.25, 0.3) is 0 Å². The van der Waals surface area contributed by atoms with Crippen LogP contribution in [0.1, 0.15) is 36.5 Å². The molecule has 3 unspecified atom stereocenters. The van der Waals surface area contributed by atoms with Gasteiger partial charge in [0.25, 0.3) is 0 Å². The van der Waals surface area contributed by atoms with Crippen molar-refractivity contribution in [1.29, 1.82) is 0 Å². The molecule has 3 heterocycles. The molecule has 3 saturated heterocycles. The summed E-state index contributed by atoms with van der Waals surface area (Å²) in [4.78, 5) is 43.4. The fourth-order valence-corrected chi connectivity index (χ4v) is 10.0. The first-order valence-electron chi connectivity index (χ1n) is 13.2. The Morgan fingerprint density at radius 1 is 1.18 bits per heavy atom. The standard InChI is InChI=1S/C29H34BrN3O4S/c1-4-19(15-34)33-25(27(36)32-21-12-16(2)10-11-17(21)3)29-13-20(30)24(38-29)22(23(29)28(33)37)26(35)31-14-18-8-6-5-7-9-18/h5-12,19-20,22-25,34H,4,13-15H2,1-3H3,(H,31,35)(H,32,36)/t19-,20?,22+,23-,24+,25?,29?/m0/s1. The second-order valence-corrected chi connectivity index (χ2v) is 13.4. The first-order valence-corrected chi connectivity index (χ1v) is 15.0. The average molecular weight is 601 g/mol. The molecule has 2 aromatic rings. The minimum Gasteiger partial charge on any atom is -0.394 e. The van der Waals surface area contributed by atoms with Gasteiger partial charge in [0.1, 0.15) is 6.04 Å². The van der Waals surface area contributed by atoms with Gasteiger partial charge in [0, 0.05) is 22.3 Å². The first kappa shape index (κ1) is 27.2. The molecule has 3 aliphatic rings. The van der Waals surface area contributed by atoms with Crippen molar-refractivity contribution in [3.63, 3.8) is 0 Å².